The average Bonchev–Trinajstić information content (AvgIpc) is 3.62. The molecule has 0 saturated heterocycles. The maximum absolute atomic E-state index is 3.92. The minimum absolute atomic E-state index is 0.204. The van der Waals surface area contributed by atoms with Crippen LogP contribution in [0.3, 0.4) is 0 Å². The molecule has 0 spiro atoms. The molecule has 0 bridgehead atoms. The number of hydrogen-bond acceptors (Lipinski definition) is 2. The average molecular weight is 722 g/mol. The Bertz CT molecular complexity index is 2740. The highest BCUT2D eigenvalue weighted by atomic mass is 15.2. The summed E-state index contributed by atoms with van der Waals surface area (Å²) in [6.07, 6.45) is 14.1. The predicted octanol–water partition coefficient (Wildman–Crippen LogP) is 12.7. The molecule has 1 radical (unpaired) electrons. The van der Waals surface area contributed by atoms with Gasteiger partial charge in [-0.2, -0.15) is 0 Å². The first-order valence-corrected chi connectivity index (χ1v) is 20.5. The second kappa shape index (κ2) is 14.2. The van der Waals surface area contributed by atoms with Crippen LogP contribution < -0.4 is 21.1 Å². The van der Waals surface area contributed by atoms with E-state index >= 15 is 0 Å². The van der Waals surface area contributed by atoms with Crippen LogP contribution in [0.25, 0.3) is 33.0 Å². The summed E-state index contributed by atoms with van der Waals surface area (Å²) in [6.45, 7) is 6.73. The van der Waals surface area contributed by atoms with Gasteiger partial charge in [0.15, 0.2) is 7.28 Å². The van der Waals surface area contributed by atoms with Crippen molar-refractivity contribution in [2.75, 3.05) is 10.2 Å². The molecule has 56 heavy (non-hydrogen) atoms. The van der Waals surface area contributed by atoms with Crippen molar-refractivity contribution in [3.05, 3.63) is 185 Å². The van der Waals surface area contributed by atoms with Crippen LogP contribution in [-0.4, -0.2) is 7.28 Å². The minimum atomic E-state index is 0.204. The topological polar surface area (TPSA) is 15.3 Å². The van der Waals surface area contributed by atoms with Gasteiger partial charge in [-0.1, -0.05) is 159 Å². The van der Waals surface area contributed by atoms with Gasteiger partial charge in [0.2, 0.25) is 0 Å². The van der Waals surface area contributed by atoms with Crippen LogP contribution in [0.1, 0.15) is 72.9 Å². The summed E-state index contributed by atoms with van der Waals surface area (Å²) in [5.41, 5.74) is 22.2. The molecule has 3 aliphatic rings. The van der Waals surface area contributed by atoms with Crippen LogP contribution in [0.4, 0.5) is 28.4 Å². The summed E-state index contributed by atoms with van der Waals surface area (Å²) in [6, 6.07) is 48.2. The van der Waals surface area contributed by atoms with Gasteiger partial charge in [-0.15, -0.1) is 0 Å². The van der Waals surface area contributed by atoms with Crippen molar-refractivity contribution in [1.82, 2.24) is 0 Å². The first kappa shape index (κ1) is 34.4. The van der Waals surface area contributed by atoms with E-state index in [-0.39, 0.29) is 5.92 Å². The van der Waals surface area contributed by atoms with Crippen molar-refractivity contribution in [3.63, 3.8) is 0 Å². The molecule has 3 heteroatoms. The highest BCUT2D eigenvalue weighted by molar-refractivity contribution is 6.74. The van der Waals surface area contributed by atoms with E-state index < -0.39 is 0 Å². The summed E-state index contributed by atoms with van der Waals surface area (Å²) in [7, 11) is 2.49. The Morgan fingerprint density at radius 2 is 1.50 bits per heavy atom. The van der Waals surface area contributed by atoms with Gasteiger partial charge in [0.1, 0.15) is 0 Å². The number of rotatable bonds is 8. The van der Waals surface area contributed by atoms with E-state index in [0.717, 1.165) is 19.3 Å². The second-order valence-electron chi connectivity index (χ2n) is 15.8. The van der Waals surface area contributed by atoms with Gasteiger partial charge < -0.3 is 10.2 Å². The number of allylic oxidation sites excluding steroid dienone is 4. The fourth-order valence-corrected chi connectivity index (χ4v) is 9.47. The maximum atomic E-state index is 3.92. The maximum Gasteiger partial charge on any atom is 0.197 e. The summed E-state index contributed by atoms with van der Waals surface area (Å²) < 4.78 is 0. The quantitative estimate of drug-likeness (QED) is 0.124. The standard InChI is InChI=1S/C53H46BN2/c1-4-6-8-16-34(3)44-30-35(17-7-5-2)26-29-47(44)56-48-33-37-19-10-13-23-42(37)50(43-24-15-21-40-32-38-20-11-14-25-46(38)55-52(40)43)51(48)54-45-28-27-39-31-36-18-9-12-22-41(36)49(39)53(45)56/h4,6,8-16,18-30,33-34,55H,5,7,17,31-32H2,1-3H3/b6-4-,16-8-. The number of aryl methyl sites for hydroxylation is 1. The molecule has 271 valence electrons. The smallest absolute Gasteiger partial charge is 0.197 e. The van der Waals surface area contributed by atoms with E-state index in [1.807, 2.05) is 0 Å². The minimum Gasteiger partial charge on any atom is -0.355 e. The van der Waals surface area contributed by atoms with E-state index in [0.29, 0.717) is 0 Å². The lowest BCUT2D eigenvalue weighted by Crippen LogP contribution is -2.42. The zero-order valence-corrected chi connectivity index (χ0v) is 32.6. The van der Waals surface area contributed by atoms with E-state index in [2.05, 4.69) is 190 Å². The Morgan fingerprint density at radius 3 is 2.39 bits per heavy atom. The van der Waals surface area contributed by atoms with Gasteiger partial charge in [-0.3, -0.25) is 0 Å². The molecule has 0 saturated carbocycles. The molecule has 0 fully saturated rings. The molecule has 7 aromatic rings. The van der Waals surface area contributed by atoms with Crippen molar-refractivity contribution >= 4 is 57.4 Å². The Balaban J connectivity index is 1.27. The normalized spacial score (nSPS) is 14.1. The van der Waals surface area contributed by atoms with Crippen molar-refractivity contribution in [2.45, 2.75) is 58.8 Å². The number of benzene rings is 7. The summed E-state index contributed by atoms with van der Waals surface area (Å²) >= 11 is 0. The summed E-state index contributed by atoms with van der Waals surface area (Å²) in [4.78, 5) is 2.65. The lowest BCUT2D eigenvalue weighted by molar-refractivity contribution is 0.792. The monoisotopic (exact) mass is 721 g/mol. The number of hydrogen-bond donors (Lipinski definition) is 1. The van der Waals surface area contributed by atoms with Crippen LogP contribution in [-0.2, 0) is 19.3 Å². The van der Waals surface area contributed by atoms with Crippen molar-refractivity contribution in [1.29, 1.82) is 0 Å². The molecule has 10 rings (SSSR count). The molecule has 1 atom stereocenters. The molecule has 0 aromatic heterocycles. The number of nitrogens with one attached hydrogen (secondary N) is 1. The van der Waals surface area contributed by atoms with Gasteiger partial charge in [0.05, 0.1) is 0 Å². The molecule has 1 aliphatic carbocycles. The number of fused-ring (bicyclic) bond motifs is 9. The second-order valence-corrected chi connectivity index (χ2v) is 15.8. The highest BCUT2D eigenvalue weighted by Gasteiger charge is 2.36. The third-order valence-electron chi connectivity index (χ3n) is 12.2. The van der Waals surface area contributed by atoms with Crippen molar-refractivity contribution < 1.29 is 0 Å². The van der Waals surface area contributed by atoms with Gasteiger partial charge in [-0.05, 0) is 105 Å². The Morgan fingerprint density at radius 1 is 0.714 bits per heavy atom. The van der Waals surface area contributed by atoms with Crippen LogP contribution >= 0.6 is 0 Å². The van der Waals surface area contributed by atoms with E-state index in [9.17, 15) is 0 Å². The van der Waals surface area contributed by atoms with Crippen molar-refractivity contribution in [3.8, 4) is 22.3 Å². The highest BCUT2D eigenvalue weighted by Crippen LogP contribution is 2.51. The van der Waals surface area contributed by atoms with Crippen LogP contribution in [0.2, 0.25) is 0 Å². The zero-order valence-electron chi connectivity index (χ0n) is 32.6. The zero-order chi connectivity index (χ0) is 37.8. The molecule has 1 unspecified atom stereocenters. The SMILES string of the molecule is C/C=C\C=C/C(C)c1cc(CCCC)ccc1N1c2cc3ccccc3c(-c3cccc4c3Nc3ccccc3C4)c2[B]c2ccc3c(c21)-c1ccccc1C3. The van der Waals surface area contributed by atoms with Crippen LogP contribution in [0.15, 0.2) is 152 Å². The molecule has 0 amide bonds. The lowest BCUT2D eigenvalue weighted by atomic mass is 9.57. The van der Waals surface area contributed by atoms with Gasteiger partial charge in [0.25, 0.3) is 0 Å². The van der Waals surface area contributed by atoms with Crippen LogP contribution in [0, 0.1) is 0 Å². The Hall–Kier alpha value is -6.06. The predicted molar refractivity (Wildman–Crippen MR) is 241 cm³/mol. The summed E-state index contributed by atoms with van der Waals surface area (Å²) in [5.74, 6) is 0.204. The van der Waals surface area contributed by atoms with E-state index in [4.69, 9.17) is 0 Å². The number of unbranched alkanes of at least 4 members (excludes halogenated alkanes) is 1. The van der Waals surface area contributed by atoms with Gasteiger partial charge in [0, 0.05) is 51.9 Å². The molecular formula is C53H46BN2. The third-order valence-corrected chi connectivity index (χ3v) is 12.2. The van der Waals surface area contributed by atoms with Crippen molar-refractivity contribution in [2.24, 2.45) is 0 Å². The van der Waals surface area contributed by atoms with Crippen LogP contribution in [0.5, 0.6) is 0 Å². The molecular weight excluding hydrogens is 675 g/mol. The fraction of sp³-hybridized carbons (Fsp3) is 0.170. The molecule has 1 N–H and O–H groups in total. The third kappa shape index (κ3) is 5.72. The van der Waals surface area contributed by atoms with E-state index in [1.165, 1.54) is 119 Å². The number of para-hydroxylation sites is 2. The Kier molecular flexibility index (Phi) is 8.75. The number of nitrogens with zero attached hydrogens (tertiary/aromatic N) is 1. The molecule has 2 nitrogen and oxygen atoms in total. The fourth-order valence-electron chi connectivity index (χ4n) is 9.47. The van der Waals surface area contributed by atoms with Gasteiger partial charge in [-0.25, -0.2) is 0 Å². The lowest BCUT2D eigenvalue weighted by Gasteiger charge is -2.39. The largest absolute Gasteiger partial charge is 0.355 e. The van der Waals surface area contributed by atoms with E-state index in [1.54, 1.807) is 0 Å². The molecule has 2 heterocycles. The summed E-state index contributed by atoms with van der Waals surface area (Å²) in [5, 5.41) is 6.43. The first-order valence-electron chi connectivity index (χ1n) is 20.5. The van der Waals surface area contributed by atoms with Gasteiger partial charge >= 0.3 is 0 Å². The number of anilines is 5. The molecule has 2 aliphatic heterocycles. The Labute approximate surface area is 332 Å². The first-order chi connectivity index (χ1) is 27.6. The molecule has 7 aromatic carbocycles.